The Kier molecular flexibility index (Phi) is 9.10. The maximum Gasteiger partial charge on any atom is 0.252 e. The molecule has 0 bridgehead atoms. The van der Waals surface area contributed by atoms with E-state index in [0.717, 1.165) is 37.0 Å². The van der Waals surface area contributed by atoms with Crippen LogP contribution in [-0.2, 0) is 15.8 Å². The number of benzene rings is 2. The summed E-state index contributed by atoms with van der Waals surface area (Å²) < 4.78 is 27.6. The quantitative estimate of drug-likeness (QED) is 0.504. The number of nitrogens with one attached hydrogen (secondary N) is 1. The molecule has 1 fully saturated rings. The second-order valence-electron chi connectivity index (χ2n) is 7.40. The van der Waals surface area contributed by atoms with Crippen LogP contribution in [0.25, 0.3) is 0 Å². The number of rotatable bonds is 8. The molecule has 0 aliphatic carbocycles. The first-order valence-electron chi connectivity index (χ1n) is 10.3. The number of nitrogens with zero attached hydrogens (tertiary/aromatic N) is 1. The summed E-state index contributed by atoms with van der Waals surface area (Å²) in [6, 6.07) is 12.0. The average Bonchev–Trinajstić information content (AvgIpc) is 3.04. The van der Waals surface area contributed by atoms with Gasteiger partial charge in [-0.05, 0) is 48.7 Å². The van der Waals surface area contributed by atoms with Gasteiger partial charge >= 0.3 is 0 Å². The van der Waals surface area contributed by atoms with Gasteiger partial charge in [-0.2, -0.15) is 16.1 Å². The van der Waals surface area contributed by atoms with Crippen molar-refractivity contribution >= 4 is 50.9 Å². The molecule has 0 saturated carbocycles. The second-order valence-corrected chi connectivity index (χ2v) is 11.3. The molecule has 31 heavy (non-hydrogen) atoms. The lowest BCUT2D eigenvalue weighted by Gasteiger charge is -2.20. The van der Waals surface area contributed by atoms with E-state index in [9.17, 15) is 13.2 Å². The van der Waals surface area contributed by atoms with Crippen molar-refractivity contribution in [3.63, 3.8) is 0 Å². The zero-order chi connectivity index (χ0) is 22.3. The topological polar surface area (TPSA) is 66.5 Å². The number of carbonyl (C=O) groups is 1. The van der Waals surface area contributed by atoms with Crippen LogP contribution < -0.4 is 5.32 Å². The summed E-state index contributed by atoms with van der Waals surface area (Å²) in [5, 5.41) is 3.77. The Morgan fingerprint density at radius 2 is 1.77 bits per heavy atom. The highest BCUT2D eigenvalue weighted by atomic mass is 35.5. The van der Waals surface area contributed by atoms with E-state index in [4.69, 9.17) is 23.2 Å². The normalized spacial score (nSPS) is 15.4. The summed E-state index contributed by atoms with van der Waals surface area (Å²) in [6.07, 6.45) is 3.78. The molecule has 0 spiro atoms. The zero-order valence-electron chi connectivity index (χ0n) is 17.1. The van der Waals surface area contributed by atoms with Crippen molar-refractivity contribution in [1.82, 2.24) is 9.62 Å². The van der Waals surface area contributed by atoms with E-state index < -0.39 is 10.0 Å². The molecule has 1 saturated heterocycles. The summed E-state index contributed by atoms with van der Waals surface area (Å²) in [7, 11) is -3.64. The van der Waals surface area contributed by atoms with Gasteiger partial charge in [-0.3, -0.25) is 4.79 Å². The molecular weight excluding hydrogens is 475 g/mol. The lowest BCUT2D eigenvalue weighted by atomic mass is 10.2. The molecule has 0 aromatic heterocycles. The molecule has 9 heteroatoms. The van der Waals surface area contributed by atoms with E-state index in [1.165, 1.54) is 22.5 Å². The van der Waals surface area contributed by atoms with Gasteiger partial charge in [0.25, 0.3) is 5.91 Å². The standard InChI is InChI=1S/C22H26Cl2N2O3S2/c23-18-7-5-6-17(14-18)16-30-13-10-25-22(27)20-15-19(8-9-21(20)24)31(28,29)26-11-3-1-2-4-12-26/h5-9,14-15H,1-4,10-13,16H2,(H,25,27). The van der Waals surface area contributed by atoms with Crippen molar-refractivity contribution in [1.29, 1.82) is 0 Å². The Morgan fingerprint density at radius 3 is 2.48 bits per heavy atom. The number of thioether (sulfide) groups is 1. The Balaban J connectivity index is 1.58. The minimum absolute atomic E-state index is 0.110. The van der Waals surface area contributed by atoms with Gasteiger partial charge in [-0.15, -0.1) is 0 Å². The van der Waals surface area contributed by atoms with Gasteiger partial charge in [-0.25, -0.2) is 8.42 Å². The van der Waals surface area contributed by atoms with Crippen LogP contribution in [-0.4, -0.2) is 44.0 Å². The second kappa shape index (κ2) is 11.6. The highest BCUT2D eigenvalue weighted by molar-refractivity contribution is 7.98. The highest BCUT2D eigenvalue weighted by Crippen LogP contribution is 2.25. The molecule has 2 aromatic rings. The summed E-state index contributed by atoms with van der Waals surface area (Å²) in [6.45, 7) is 1.47. The van der Waals surface area contributed by atoms with Crippen molar-refractivity contribution < 1.29 is 13.2 Å². The molecule has 1 amide bonds. The molecule has 2 aromatic carbocycles. The molecular formula is C22H26Cl2N2O3S2. The van der Waals surface area contributed by atoms with Crippen LogP contribution >= 0.6 is 35.0 Å². The van der Waals surface area contributed by atoms with Gasteiger partial charge in [0.05, 0.1) is 15.5 Å². The molecule has 0 atom stereocenters. The third-order valence-corrected chi connectivity index (χ3v) is 8.56. The van der Waals surface area contributed by atoms with Crippen molar-refractivity contribution in [2.75, 3.05) is 25.4 Å². The van der Waals surface area contributed by atoms with Crippen molar-refractivity contribution in [2.45, 2.75) is 36.3 Å². The lowest BCUT2D eigenvalue weighted by molar-refractivity contribution is 0.0956. The first-order valence-corrected chi connectivity index (χ1v) is 13.6. The van der Waals surface area contributed by atoms with E-state index >= 15 is 0 Å². The molecule has 1 N–H and O–H groups in total. The maximum atomic E-state index is 13.0. The molecule has 168 valence electrons. The summed E-state index contributed by atoms with van der Waals surface area (Å²) in [5.74, 6) is 1.13. The average molecular weight is 502 g/mol. The van der Waals surface area contributed by atoms with Gasteiger partial charge in [0.15, 0.2) is 0 Å². The number of hydrogen-bond donors (Lipinski definition) is 1. The number of sulfonamides is 1. The fraction of sp³-hybridized carbons (Fsp3) is 0.409. The smallest absolute Gasteiger partial charge is 0.252 e. The third-order valence-electron chi connectivity index (χ3n) is 5.07. The monoisotopic (exact) mass is 500 g/mol. The van der Waals surface area contributed by atoms with Crippen LogP contribution in [0.4, 0.5) is 0 Å². The molecule has 1 heterocycles. The predicted molar refractivity (Wildman–Crippen MR) is 129 cm³/mol. The van der Waals surface area contributed by atoms with Crippen LogP contribution in [0.15, 0.2) is 47.4 Å². The summed E-state index contributed by atoms with van der Waals surface area (Å²) in [4.78, 5) is 12.7. The van der Waals surface area contributed by atoms with Gasteiger partial charge in [0, 0.05) is 36.2 Å². The highest BCUT2D eigenvalue weighted by Gasteiger charge is 2.26. The van der Waals surface area contributed by atoms with E-state index in [-0.39, 0.29) is 21.4 Å². The molecule has 1 aliphatic heterocycles. The summed E-state index contributed by atoms with van der Waals surface area (Å²) in [5.41, 5.74) is 1.30. The van der Waals surface area contributed by atoms with E-state index in [1.807, 2.05) is 24.3 Å². The minimum atomic E-state index is -3.64. The Morgan fingerprint density at radius 1 is 1.03 bits per heavy atom. The van der Waals surface area contributed by atoms with Gasteiger partial charge in [0.1, 0.15) is 0 Å². The Hall–Kier alpha value is -1.25. The third kappa shape index (κ3) is 6.86. The summed E-state index contributed by atoms with van der Waals surface area (Å²) >= 11 is 13.9. The lowest BCUT2D eigenvalue weighted by Crippen LogP contribution is -2.32. The number of halogens is 2. The number of carbonyl (C=O) groups excluding carboxylic acids is 1. The Labute approximate surface area is 198 Å². The molecule has 0 radical (unpaired) electrons. The van der Waals surface area contributed by atoms with Crippen LogP contribution in [0.5, 0.6) is 0 Å². The predicted octanol–water partition coefficient (Wildman–Crippen LogP) is 5.22. The molecule has 5 nitrogen and oxygen atoms in total. The van der Waals surface area contributed by atoms with Crippen molar-refractivity contribution in [3.05, 3.63) is 63.6 Å². The minimum Gasteiger partial charge on any atom is -0.351 e. The van der Waals surface area contributed by atoms with E-state index in [2.05, 4.69) is 5.32 Å². The van der Waals surface area contributed by atoms with Crippen LogP contribution in [0, 0.1) is 0 Å². The van der Waals surface area contributed by atoms with Crippen LogP contribution in [0.3, 0.4) is 0 Å². The number of hydrogen-bond acceptors (Lipinski definition) is 4. The fourth-order valence-electron chi connectivity index (χ4n) is 3.42. The zero-order valence-corrected chi connectivity index (χ0v) is 20.3. The van der Waals surface area contributed by atoms with Gasteiger partial charge < -0.3 is 5.32 Å². The largest absolute Gasteiger partial charge is 0.351 e. The molecule has 1 aliphatic rings. The number of amides is 1. The fourth-order valence-corrected chi connectivity index (χ4v) is 6.18. The first kappa shape index (κ1) is 24.4. The van der Waals surface area contributed by atoms with Gasteiger partial charge in [0.2, 0.25) is 10.0 Å². The van der Waals surface area contributed by atoms with E-state index in [0.29, 0.717) is 30.4 Å². The molecule has 0 unspecified atom stereocenters. The van der Waals surface area contributed by atoms with Gasteiger partial charge in [-0.1, -0.05) is 48.2 Å². The molecule has 3 rings (SSSR count). The van der Waals surface area contributed by atoms with Crippen LogP contribution in [0.2, 0.25) is 10.0 Å². The van der Waals surface area contributed by atoms with Crippen molar-refractivity contribution in [2.24, 2.45) is 0 Å². The first-order chi connectivity index (χ1) is 14.9. The SMILES string of the molecule is O=C(NCCSCc1cccc(Cl)c1)c1cc(S(=O)(=O)N2CCCCCC2)ccc1Cl. The maximum absolute atomic E-state index is 13.0. The van der Waals surface area contributed by atoms with Crippen LogP contribution in [0.1, 0.15) is 41.6 Å². The van der Waals surface area contributed by atoms with Crippen molar-refractivity contribution in [3.8, 4) is 0 Å². The Bertz CT molecular complexity index is 1010. The van der Waals surface area contributed by atoms with E-state index in [1.54, 1.807) is 11.8 Å².